The predicted molar refractivity (Wildman–Crippen MR) is 89.7 cm³/mol. The Morgan fingerprint density at radius 3 is 2.46 bits per heavy atom. The van der Waals surface area contributed by atoms with Gasteiger partial charge in [-0.25, -0.2) is 14.6 Å². The van der Waals surface area contributed by atoms with E-state index >= 15 is 0 Å². The van der Waals surface area contributed by atoms with Crippen molar-refractivity contribution < 1.29 is 14.3 Å². The molecule has 0 unspecified atom stereocenters. The molecule has 0 fully saturated rings. The van der Waals surface area contributed by atoms with E-state index in [1.165, 1.54) is 7.11 Å². The summed E-state index contributed by atoms with van der Waals surface area (Å²) in [5.41, 5.74) is 0.350. The molecule has 1 aromatic carbocycles. The van der Waals surface area contributed by atoms with E-state index in [1.54, 1.807) is 24.3 Å². The topological polar surface area (TPSA) is 104 Å². The van der Waals surface area contributed by atoms with Gasteiger partial charge in [-0.05, 0) is 12.1 Å². The van der Waals surface area contributed by atoms with Crippen molar-refractivity contribution in [2.75, 3.05) is 17.7 Å². The molecule has 0 saturated carbocycles. The normalized spacial score (nSPS) is 9.67. The lowest BCUT2D eigenvalue weighted by Crippen LogP contribution is -2.35. The fraction of sp³-hybridized carbons (Fsp3) is 0.0588. The van der Waals surface area contributed by atoms with E-state index in [4.69, 9.17) is 0 Å². The van der Waals surface area contributed by atoms with Crippen molar-refractivity contribution in [3.05, 3.63) is 52.0 Å². The van der Waals surface area contributed by atoms with Crippen molar-refractivity contribution in [1.82, 2.24) is 4.98 Å². The predicted octanol–water partition coefficient (Wildman–Crippen LogP) is 1.20. The lowest BCUT2D eigenvalue weighted by Gasteiger charge is -2.11. The summed E-state index contributed by atoms with van der Waals surface area (Å²) in [6.45, 7) is 7.34. The summed E-state index contributed by atoms with van der Waals surface area (Å²) in [4.78, 5) is 28.0. The van der Waals surface area contributed by atoms with E-state index in [0.29, 0.717) is 5.69 Å². The lowest BCUT2D eigenvalue weighted by atomic mass is 10.1. The van der Waals surface area contributed by atoms with Crippen molar-refractivity contribution in [2.45, 2.75) is 0 Å². The fourth-order valence-electron chi connectivity index (χ4n) is 1.99. The Kier molecular flexibility index (Phi) is 4.92. The summed E-state index contributed by atoms with van der Waals surface area (Å²) in [6.07, 6.45) is 0. The van der Waals surface area contributed by atoms with Gasteiger partial charge in [0.25, 0.3) is 0 Å². The van der Waals surface area contributed by atoms with Gasteiger partial charge in [0.15, 0.2) is 5.82 Å². The van der Waals surface area contributed by atoms with Crippen LogP contribution in [-0.2, 0) is 4.74 Å². The van der Waals surface area contributed by atoms with Gasteiger partial charge in [0.1, 0.15) is 11.6 Å². The van der Waals surface area contributed by atoms with E-state index < -0.39 is 12.0 Å². The maximum absolute atomic E-state index is 12.1. The third kappa shape index (κ3) is 3.39. The van der Waals surface area contributed by atoms with Gasteiger partial charge in [-0.1, -0.05) is 31.4 Å². The summed E-state index contributed by atoms with van der Waals surface area (Å²) in [7, 11) is 1.18. The molecule has 0 aliphatic rings. The highest BCUT2D eigenvalue weighted by Gasteiger charge is 2.20. The Bertz CT molecular complexity index is 933. The number of hydrogen-bond donors (Lipinski definition) is 2. The van der Waals surface area contributed by atoms with E-state index in [-0.39, 0.29) is 27.5 Å². The molecule has 2 rings (SSSR count). The number of esters is 1. The first kappa shape index (κ1) is 16.7. The molecule has 0 saturated heterocycles. The van der Waals surface area contributed by atoms with Crippen LogP contribution in [0.25, 0.3) is 13.2 Å². The molecular weight excluding hydrogens is 308 g/mol. The minimum atomic E-state index is -0.754. The molecule has 0 atom stereocenters. The van der Waals surface area contributed by atoms with Crippen molar-refractivity contribution in [3.63, 3.8) is 0 Å². The van der Waals surface area contributed by atoms with Crippen molar-refractivity contribution in [1.29, 1.82) is 5.26 Å². The Hall–Kier alpha value is -3.66. The van der Waals surface area contributed by atoms with E-state index in [1.807, 2.05) is 12.1 Å². The number of urea groups is 1. The van der Waals surface area contributed by atoms with Gasteiger partial charge in [0, 0.05) is 10.9 Å². The average Bonchev–Trinajstić information content (AvgIpc) is 2.57. The molecule has 7 heteroatoms. The molecule has 1 heterocycles. The fourth-order valence-corrected chi connectivity index (χ4v) is 1.99. The number of nitrogens with zero attached hydrogens (tertiary/aromatic N) is 2. The minimum absolute atomic E-state index is 0.0741. The third-order valence-electron chi connectivity index (χ3n) is 3.15. The maximum atomic E-state index is 12.1. The van der Waals surface area contributed by atoms with Crippen molar-refractivity contribution in [3.8, 4) is 6.07 Å². The van der Waals surface area contributed by atoms with Gasteiger partial charge in [0.2, 0.25) is 0 Å². The standard InChI is InChI=1S/C17H14N4O3/c1-10-11(2)19-15(13(9-18)14(10)16(22)24-3)21-17(23)20-12-7-5-4-6-8-12/h4-8H,1-2H2,3H3,(H2,19,20,21,23). The largest absolute Gasteiger partial charge is 0.465 e. The summed E-state index contributed by atoms with van der Waals surface area (Å²) in [5.74, 6) is -0.848. The number of para-hydroxylation sites is 1. The van der Waals surface area contributed by atoms with Crippen molar-refractivity contribution >= 4 is 36.7 Å². The Balaban J connectivity index is 2.40. The number of nitrogens with one attached hydrogen (secondary N) is 2. The number of benzene rings is 1. The van der Waals surface area contributed by atoms with Gasteiger partial charge in [0.05, 0.1) is 18.0 Å². The highest BCUT2D eigenvalue weighted by atomic mass is 16.5. The van der Waals surface area contributed by atoms with Gasteiger partial charge in [-0.3, -0.25) is 5.32 Å². The maximum Gasteiger partial charge on any atom is 0.340 e. The van der Waals surface area contributed by atoms with Crippen LogP contribution in [0.2, 0.25) is 0 Å². The number of methoxy groups -OCH3 is 1. The zero-order chi connectivity index (χ0) is 17.7. The van der Waals surface area contributed by atoms with E-state index in [9.17, 15) is 14.9 Å². The molecule has 0 aliphatic carbocycles. The molecule has 120 valence electrons. The monoisotopic (exact) mass is 322 g/mol. The zero-order valence-corrected chi connectivity index (χ0v) is 12.9. The number of ether oxygens (including phenoxy) is 1. The van der Waals surface area contributed by atoms with Crippen LogP contribution >= 0.6 is 0 Å². The molecule has 7 nitrogen and oxygen atoms in total. The first-order valence-electron chi connectivity index (χ1n) is 6.81. The van der Waals surface area contributed by atoms with Gasteiger partial charge in [-0.15, -0.1) is 0 Å². The van der Waals surface area contributed by atoms with Gasteiger partial charge < -0.3 is 10.1 Å². The summed E-state index contributed by atoms with van der Waals surface area (Å²) in [6, 6.07) is 9.95. The molecule has 2 N–H and O–H groups in total. The SMILES string of the molecule is C=c1nc(NC(=O)Nc2ccccc2)c(C#N)c(C(=O)OC)c1=C. The number of amides is 2. The van der Waals surface area contributed by atoms with Crippen molar-refractivity contribution in [2.24, 2.45) is 0 Å². The Morgan fingerprint density at radius 1 is 1.21 bits per heavy atom. The summed E-state index contributed by atoms with van der Waals surface area (Å²) < 4.78 is 4.66. The van der Waals surface area contributed by atoms with Crippen LogP contribution in [0.15, 0.2) is 30.3 Å². The molecule has 1 aromatic heterocycles. The molecule has 2 amide bonds. The summed E-state index contributed by atoms with van der Waals surface area (Å²) >= 11 is 0. The first-order chi connectivity index (χ1) is 11.5. The number of pyridine rings is 1. The second-order valence-corrected chi connectivity index (χ2v) is 4.68. The lowest BCUT2D eigenvalue weighted by molar-refractivity contribution is 0.0599. The quantitative estimate of drug-likeness (QED) is 0.826. The molecule has 0 aliphatic heterocycles. The minimum Gasteiger partial charge on any atom is -0.465 e. The van der Waals surface area contributed by atoms with E-state index in [2.05, 4.69) is 33.5 Å². The number of nitriles is 1. The number of hydrogen-bond acceptors (Lipinski definition) is 5. The number of rotatable bonds is 3. The van der Waals surface area contributed by atoms with Crippen LogP contribution in [0.1, 0.15) is 15.9 Å². The van der Waals surface area contributed by atoms with E-state index in [0.717, 1.165) is 0 Å². The van der Waals surface area contributed by atoms with Crippen LogP contribution < -0.4 is 21.2 Å². The molecule has 24 heavy (non-hydrogen) atoms. The number of carbonyl (C=O) groups is 2. The Labute approximate surface area is 137 Å². The first-order valence-corrected chi connectivity index (χ1v) is 6.81. The zero-order valence-electron chi connectivity index (χ0n) is 12.9. The highest BCUT2D eigenvalue weighted by Crippen LogP contribution is 2.14. The third-order valence-corrected chi connectivity index (χ3v) is 3.15. The Morgan fingerprint density at radius 2 is 1.88 bits per heavy atom. The number of anilines is 2. The molecule has 0 bridgehead atoms. The van der Waals surface area contributed by atoms with Crippen LogP contribution in [0.5, 0.6) is 0 Å². The second-order valence-electron chi connectivity index (χ2n) is 4.68. The van der Waals surface area contributed by atoms with Gasteiger partial charge in [-0.2, -0.15) is 5.26 Å². The molecule has 2 aromatic rings. The van der Waals surface area contributed by atoms with Crippen LogP contribution in [-0.4, -0.2) is 24.1 Å². The summed E-state index contributed by atoms with van der Waals surface area (Å²) in [5, 5.41) is 14.7. The van der Waals surface area contributed by atoms with Gasteiger partial charge >= 0.3 is 12.0 Å². The van der Waals surface area contributed by atoms with Crippen LogP contribution in [0, 0.1) is 11.3 Å². The number of aromatic nitrogens is 1. The smallest absolute Gasteiger partial charge is 0.340 e. The average molecular weight is 322 g/mol. The van der Waals surface area contributed by atoms with Crippen LogP contribution in [0.4, 0.5) is 16.3 Å². The molecular formula is C17H14N4O3. The van der Waals surface area contributed by atoms with Crippen LogP contribution in [0.3, 0.4) is 0 Å². The molecule has 0 spiro atoms. The second kappa shape index (κ2) is 7.07. The number of carbonyl (C=O) groups excluding carboxylic acids is 2. The molecule has 0 radical (unpaired) electrons. The highest BCUT2D eigenvalue weighted by molar-refractivity contribution is 6.01.